The molecule has 0 bridgehead atoms. The van der Waals surface area contributed by atoms with Gasteiger partial charge in [0.25, 0.3) is 0 Å². The Morgan fingerprint density at radius 3 is 2.33 bits per heavy atom. The quantitative estimate of drug-likeness (QED) is 0.132. The number of aromatic nitrogens is 4. The topological polar surface area (TPSA) is 132 Å². The molecule has 3 fully saturated rings. The number of halogens is 2. The summed E-state index contributed by atoms with van der Waals surface area (Å²) in [7, 11) is 0. The number of piperidine rings is 1. The predicted molar refractivity (Wildman–Crippen MR) is 253 cm³/mol. The first-order valence-corrected chi connectivity index (χ1v) is 23.9. The second-order valence-electron chi connectivity index (χ2n) is 17.8. The van der Waals surface area contributed by atoms with Crippen LogP contribution in [0, 0.1) is 20.8 Å². The number of ether oxygens (including phenoxy) is 1. The van der Waals surface area contributed by atoms with E-state index in [0.717, 1.165) is 117 Å². The van der Waals surface area contributed by atoms with Crippen LogP contribution < -0.4 is 0 Å². The number of aromatic carboxylic acids is 1. The number of carboxylic acids is 1. The number of carboxylic acid groups (broad SMARTS) is 1. The number of carbonyl (C=O) groups excluding carboxylic acids is 1. The molecule has 3 aromatic heterocycles. The number of hydrogen-bond donors (Lipinski definition) is 2. The fraction of sp³-hybridized carbons (Fsp3) is 0.408. The number of fused-ring (bicyclic) bond motifs is 4. The first kappa shape index (κ1) is 43.0. The Morgan fingerprint density at radius 1 is 0.922 bits per heavy atom. The molecule has 15 heteroatoms. The Balaban J connectivity index is 0.723. The summed E-state index contributed by atoms with van der Waals surface area (Å²) < 4.78 is 8.83. The maximum Gasteiger partial charge on any atom is 0.337 e. The number of hydrogen-bond acceptors (Lipinski definition) is 9. The number of thiophene rings is 1. The van der Waals surface area contributed by atoms with Crippen molar-refractivity contribution in [2.45, 2.75) is 77.0 Å². The minimum atomic E-state index is -0.971. The number of H-pyrrole nitrogens is 1. The summed E-state index contributed by atoms with van der Waals surface area (Å²) in [4.78, 5) is 42.6. The number of likely N-dealkylation sites (tertiary alicyclic amines) is 1. The smallest absolute Gasteiger partial charge is 0.337 e. The number of aliphatic imine (C=N–C) groups is 1. The number of aromatic amines is 1. The van der Waals surface area contributed by atoms with Crippen LogP contribution in [0.1, 0.15) is 93.7 Å². The van der Waals surface area contributed by atoms with Crippen molar-refractivity contribution in [3.63, 3.8) is 0 Å². The van der Waals surface area contributed by atoms with E-state index in [0.29, 0.717) is 39.4 Å². The Bertz CT molecular complexity index is 2760. The van der Waals surface area contributed by atoms with Crippen molar-refractivity contribution in [1.82, 2.24) is 34.4 Å². The SMILES string of the molecule is Cc1sc2c(c1C)C(c1ccc(Cl)cc1)=N[C@@H](CC(=O)N1CCC(N3CCN(CCOC4(c5ccc(-c6cc7c(C(=O)O)c[nH]c7cc6Cl)cc5)CCC4)CC3)CC1)c1nnc(C)n1-2. The number of carbonyl (C=O) groups is 2. The number of nitrogens with one attached hydrogen (secondary N) is 1. The van der Waals surface area contributed by atoms with E-state index >= 15 is 0 Å². The van der Waals surface area contributed by atoms with Crippen LogP contribution in [0.25, 0.3) is 27.0 Å². The Kier molecular flexibility index (Phi) is 11.8. The van der Waals surface area contributed by atoms with Crippen LogP contribution >= 0.6 is 34.5 Å². The molecule has 4 aliphatic rings. The highest BCUT2D eigenvalue weighted by atomic mass is 35.5. The van der Waals surface area contributed by atoms with E-state index in [1.807, 2.05) is 42.2 Å². The number of aryl methyl sites for hydroxylation is 2. The summed E-state index contributed by atoms with van der Waals surface area (Å²) >= 11 is 14.7. The molecule has 1 atom stereocenters. The number of benzene rings is 3. The average molecular weight is 920 g/mol. The summed E-state index contributed by atoms with van der Waals surface area (Å²) in [5.41, 5.74) is 7.65. The van der Waals surface area contributed by atoms with Gasteiger partial charge in [0.1, 0.15) is 16.9 Å². The lowest BCUT2D eigenvalue weighted by Gasteiger charge is -2.44. The minimum absolute atomic E-state index is 0.105. The molecule has 1 aliphatic carbocycles. The molecular formula is C49H52Cl2N8O4S. The zero-order valence-corrected chi connectivity index (χ0v) is 38.7. The molecule has 64 heavy (non-hydrogen) atoms. The summed E-state index contributed by atoms with van der Waals surface area (Å²) in [6.45, 7) is 13.3. The van der Waals surface area contributed by atoms with Gasteiger partial charge in [-0.25, -0.2) is 4.79 Å². The van der Waals surface area contributed by atoms with Crippen LogP contribution in [0.2, 0.25) is 10.0 Å². The Morgan fingerprint density at radius 2 is 1.64 bits per heavy atom. The normalized spacial score (nSPS) is 19.2. The zero-order valence-electron chi connectivity index (χ0n) is 36.4. The number of piperazine rings is 1. The minimum Gasteiger partial charge on any atom is -0.478 e. The number of nitrogens with zero attached hydrogens (tertiary/aromatic N) is 7. The summed E-state index contributed by atoms with van der Waals surface area (Å²) in [5, 5.41) is 21.6. The number of amides is 1. The predicted octanol–water partition coefficient (Wildman–Crippen LogP) is 9.39. The molecule has 6 aromatic rings. The van der Waals surface area contributed by atoms with Gasteiger partial charge < -0.3 is 19.7 Å². The summed E-state index contributed by atoms with van der Waals surface area (Å²) in [5.74, 6) is 0.630. The maximum atomic E-state index is 14.1. The molecular weight excluding hydrogens is 868 g/mol. The first-order chi connectivity index (χ1) is 31.0. The van der Waals surface area contributed by atoms with E-state index in [2.05, 4.69) is 67.7 Å². The van der Waals surface area contributed by atoms with Crippen molar-refractivity contribution in [3.8, 4) is 16.1 Å². The van der Waals surface area contributed by atoms with Crippen molar-refractivity contribution < 1.29 is 19.4 Å². The standard InChI is InChI=1S/C49H52Cl2N8O4S/c1-29-30(2)64-47-44(29)45(33-7-11-35(50)12-8-33)53-42(46-55-54-31(3)59(46)47)27-43(60)58-17-13-36(14-18-58)57-21-19-56(20-22-57)23-24-63-49(15-4-16-49)34-9-5-32(6-10-34)37-25-38-39(48(61)62)28-52-41(38)26-40(37)51/h5-12,25-26,28,36,42,52H,4,13-24,27H2,1-3H3,(H,61,62)/t42-/m0/s1. The van der Waals surface area contributed by atoms with Gasteiger partial charge in [-0.15, -0.1) is 21.5 Å². The monoisotopic (exact) mass is 918 g/mol. The molecule has 0 spiro atoms. The molecule has 10 rings (SSSR count). The summed E-state index contributed by atoms with van der Waals surface area (Å²) in [6.07, 6.45) is 6.79. The zero-order chi connectivity index (χ0) is 44.3. The van der Waals surface area contributed by atoms with Crippen LogP contribution in [0.4, 0.5) is 0 Å². The maximum absolute atomic E-state index is 14.1. The van der Waals surface area contributed by atoms with Crippen molar-refractivity contribution >= 4 is 63.0 Å². The van der Waals surface area contributed by atoms with Gasteiger partial charge in [0, 0.05) is 95.5 Å². The van der Waals surface area contributed by atoms with Gasteiger partial charge >= 0.3 is 5.97 Å². The molecule has 1 saturated carbocycles. The van der Waals surface area contributed by atoms with Crippen molar-refractivity contribution in [2.75, 3.05) is 52.4 Å². The van der Waals surface area contributed by atoms with E-state index in [9.17, 15) is 14.7 Å². The highest BCUT2D eigenvalue weighted by Crippen LogP contribution is 2.46. The Labute approximate surface area is 386 Å². The highest BCUT2D eigenvalue weighted by molar-refractivity contribution is 7.15. The molecule has 2 saturated heterocycles. The molecule has 332 valence electrons. The van der Waals surface area contributed by atoms with E-state index in [1.165, 1.54) is 22.2 Å². The van der Waals surface area contributed by atoms with Gasteiger partial charge in [-0.2, -0.15) is 0 Å². The van der Waals surface area contributed by atoms with Crippen LogP contribution in [0.3, 0.4) is 0 Å². The molecule has 1 amide bonds. The van der Waals surface area contributed by atoms with Crippen molar-refractivity contribution in [3.05, 3.63) is 121 Å². The fourth-order valence-corrected chi connectivity index (χ4v) is 11.8. The molecule has 0 radical (unpaired) electrons. The van der Waals surface area contributed by atoms with Gasteiger partial charge in [0.15, 0.2) is 5.82 Å². The third kappa shape index (κ3) is 7.98. The molecule has 2 N–H and O–H groups in total. The van der Waals surface area contributed by atoms with Crippen LogP contribution in [-0.2, 0) is 15.1 Å². The second kappa shape index (κ2) is 17.5. The molecule has 3 aromatic carbocycles. The third-order valence-electron chi connectivity index (χ3n) is 14.1. The van der Waals surface area contributed by atoms with Crippen molar-refractivity contribution in [1.29, 1.82) is 0 Å². The fourth-order valence-electron chi connectivity index (χ4n) is 10.1. The lowest BCUT2D eigenvalue weighted by molar-refractivity contribution is -0.133. The van der Waals surface area contributed by atoms with E-state index in [1.54, 1.807) is 17.4 Å². The number of rotatable bonds is 11. The average Bonchev–Trinajstić information content (AvgIpc) is 3.94. The highest BCUT2D eigenvalue weighted by Gasteiger charge is 2.40. The van der Waals surface area contributed by atoms with Gasteiger partial charge in [0.05, 0.1) is 34.9 Å². The lowest BCUT2D eigenvalue weighted by atomic mass is 9.74. The Hall–Kier alpha value is -4.89. The molecule has 12 nitrogen and oxygen atoms in total. The summed E-state index contributed by atoms with van der Waals surface area (Å²) in [6, 6.07) is 19.9. The van der Waals surface area contributed by atoms with Crippen molar-refractivity contribution in [2.24, 2.45) is 4.99 Å². The second-order valence-corrected chi connectivity index (χ2v) is 19.8. The molecule has 0 unspecified atom stereocenters. The van der Waals surface area contributed by atoms with E-state index < -0.39 is 12.0 Å². The van der Waals surface area contributed by atoms with E-state index in [-0.39, 0.29) is 23.5 Å². The van der Waals surface area contributed by atoms with E-state index in [4.69, 9.17) is 32.9 Å². The van der Waals surface area contributed by atoms with Gasteiger partial charge in [0.2, 0.25) is 5.91 Å². The van der Waals surface area contributed by atoms with Gasteiger partial charge in [-0.05, 0) is 93.8 Å². The first-order valence-electron chi connectivity index (χ1n) is 22.4. The van der Waals surface area contributed by atoms with Crippen LogP contribution in [0.5, 0.6) is 0 Å². The largest absolute Gasteiger partial charge is 0.478 e. The third-order valence-corrected chi connectivity index (χ3v) is 15.9. The van der Waals surface area contributed by atoms with Crippen LogP contribution in [-0.4, -0.2) is 116 Å². The molecule has 3 aliphatic heterocycles. The molecule has 6 heterocycles. The van der Waals surface area contributed by atoms with Crippen LogP contribution in [0.15, 0.2) is 71.9 Å². The van der Waals surface area contributed by atoms with Gasteiger partial charge in [-0.3, -0.25) is 24.2 Å². The van der Waals surface area contributed by atoms with Gasteiger partial charge in [-0.1, -0.05) is 59.6 Å². The lowest BCUT2D eigenvalue weighted by Crippen LogP contribution is -2.54.